The van der Waals surface area contributed by atoms with E-state index in [0.29, 0.717) is 22.2 Å². The number of nitrogens with two attached hydrogens (primary N) is 3. The van der Waals surface area contributed by atoms with E-state index in [0.717, 1.165) is 0 Å². The lowest BCUT2D eigenvalue weighted by molar-refractivity contribution is -0.143. The zero-order valence-corrected chi connectivity index (χ0v) is 50.9. The minimum absolute atomic E-state index is 0.00594. The van der Waals surface area contributed by atoms with Gasteiger partial charge in [-0.2, -0.15) is 0 Å². The number of aliphatic imine (C=N–C) groups is 1. The Labute approximate surface area is 512 Å². The number of para-hydroxylation sites is 1. The maximum atomic E-state index is 14.6. The summed E-state index contributed by atoms with van der Waals surface area (Å²) in [6, 6.07) is -6.87. The Morgan fingerprint density at radius 2 is 1.06 bits per heavy atom. The number of guanidine groups is 1. The molecule has 0 spiro atoms. The maximum absolute atomic E-state index is 14.6. The first-order valence-corrected chi connectivity index (χ1v) is 28.8. The molecule has 2 heterocycles. The first-order chi connectivity index (χ1) is 41.9. The molecule has 490 valence electrons. The highest BCUT2D eigenvalue weighted by molar-refractivity contribution is 6.00. The molecule has 0 aliphatic rings. The zero-order valence-electron chi connectivity index (χ0n) is 50.9. The highest BCUT2D eigenvalue weighted by Gasteiger charge is 2.38. The van der Waals surface area contributed by atoms with Gasteiger partial charge in [-0.15, -0.1) is 0 Å². The summed E-state index contributed by atoms with van der Waals surface area (Å²) in [6.07, 6.45) is 2.08. The largest absolute Gasteiger partial charge is 0.481 e. The fraction of sp³-hybridized carbons (Fsp3) is 0.554. The third-order valence-electron chi connectivity index (χ3n) is 14.1. The van der Waals surface area contributed by atoms with E-state index < -0.39 is 181 Å². The highest BCUT2D eigenvalue weighted by atomic mass is 16.4. The van der Waals surface area contributed by atoms with Crippen LogP contribution >= 0.6 is 0 Å². The molecule has 2 aromatic heterocycles. The first kappa shape index (κ1) is 73.6. The number of H-pyrrole nitrogens is 2. The topological polar surface area (TPSA) is 538 Å². The summed E-state index contributed by atoms with van der Waals surface area (Å²) >= 11 is 0. The van der Waals surface area contributed by atoms with Crippen LogP contribution in [-0.4, -0.2) is 187 Å². The fourth-order valence-corrected chi connectivity index (χ4v) is 8.97. The van der Waals surface area contributed by atoms with E-state index in [1.807, 2.05) is 0 Å². The number of rotatable bonds is 38. The van der Waals surface area contributed by atoms with Crippen molar-refractivity contribution in [2.24, 2.45) is 45.9 Å². The Bertz CT molecular complexity index is 3000. The molecule has 3 aromatic rings. The summed E-state index contributed by atoms with van der Waals surface area (Å²) in [5.41, 5.74) is 17.7. The van der Waals surface area contributed by atoms with Crippen LogP contribution in [0, 0.1) is 23.7 Å². The van der Waals surface area contributed by atoms with Crippen molar-refractivity contribution in [2.75, 3.05) is 19.6 Å². The lowest BCUT2D eigenvalue weighted by atomic mass is 9.96. The number of nitrogens with zero attached hydrogens (tertiary/aromatic N) is 2. The van der Waals surface area contributed by atoms with E-state index in [1.165, 1.54) is 26.4 Å². The van der Waals surface area contributed by atoms with Crippen molar-refractivity contribution in [1.29, 1.82) is 0 Å². The van der Waals surface area contributed by atoms with Gasteiger partial charge in [0.05, 0.1) is 32.3 Å². The van der Waals surface area contributed by atoms with Crippen molar-refractivity contribution in [1.82, 2.24) is 68.1 Å². The van der Waals surface area contributed by atoms with Crippen LogP contribution in [0.3, 0.4) is 0 Å². The molecule has 10 atom stereocenters. The summed E-state index contributed by atoms with van der Waals surface area (Å²) in [6.45, 7) is 11.4. The normalized spacial score (nSPS) is 14.6. The quantitative estimate of drug-likeness (QED) is 0.0149. The zero-order chi connectivity index (χ0) is 66.8. The van der Waals surface area contributed by atoms with Crippen LogP contribution in [0.5, 0.6) is 0 Å². The van der Waals surface area contributed by atoms with Gasteiger partial charge >= 0.3 is 17.9 Å². The molecule has 0 aliphatic carbocycles. The molecule has 3 rings (SSSR count). The second-order valence-electron chi connectivity index (χ2n) is 22.2. The van der Waals surface area contributed by atoms with E-state index >= 15 is 0 Å². The van der Waals surface area contributed by atoms with Crippen LogP contribution < -0.4 is 70.4 Å². The Hall–Kier alpha value is -9.69. The fourth-order valence-electron chi connectivity index (χ4n) is 8.97. The summed E-state index contributed by atoms with van der Waals surface area (Å²) in [5.74, 6) is -17.0. The van der Waals surface area contributed by atoms with Gasteiger partial charge < -0.3 is 95.7 Å². The molecule has 1 aromatic carbocycles. The number of imidazole rings is 1. The van der Waals surface area contributed by atoms with Crippen LogP contribution in [0.4, 0.5) is 0 Å². The molecule has 0 fully saturated rings. The van der Waals surface area contributed by atoms with Gasteiger partial charge in [0.1, 0.15) is 54.4 Å². The summed E-state index contributed by atoms with van der Waals surface area (Å²) in [7, 11) is 0. The number of aromatic nitrogens is 3. The molecule has 0 aliphatic heterocycles. The minimum Gasteiger partial charge on any atom is -0.481 e. The van der Waals surface area contributed by atoms with E-state index in [-0.39, 0.29) is 44.6 Å². The molecule has 21 N–H and O–H groups in total. The first-order valence-electron chi connectivity index (χ1n) is 28.8. The molecule has 0 unspecified atom stereocenters. The SMILES string of the molecule is CC[C@H](C)[C@@H](NC(=O)[C@H](CC(=O)O)NC(=O)[C@@H](NC(=O)[C@H](CCCN=C(N)N)NC(=O)CN)C(C)C)C(=O)N[C@@H](Cc1cnc[nH]1)C(=O)N[C@H](C(=O)N[C@@H](Cc1c[nH]c2ccccc12)C(=O)N[C@@H](CC(=O)O)C(=O)NCC(=O)N[C@H](C(=O)O)C(C)C)C(C)C. The predicted octanol–water partition coefficient (Wildman–Crippen LogP) is -3.78. The number of aromatic amines is 2. The van der Waals surface area contributed by atoms with Gasteiger partial charge in [0.25, 0.3) is 0 Å². The van der Waals surface area contributed by atoms with Crippen LogP contribution in [0.25, 0.3) is 10.9 Å². The molecule has 33 heteroatoms. The number of carboxylic acid groups (broad SMARTS) is 3. The number of carbonyl (C=O) groups is 13. The second-order valence-corrected chi connectivity index (χ2v) is 22.2. The van der Waals surface area contributed by atoms with Gasteiger partial charge in [-0.25, -0.2) is 9.78 Å². The highest BCUT2D eigenvalue weighted by Crippen LogP contribution is 2.20. The Morgan fingerprint density at radius 1 is 0.562 bits per heavy atom. The third-order valence-corrected chi connectivity index (χ3v) is 14.1. The number of carboxylic acids is 3. The summed E-state index contributed by atoms with van der Waals surface area (Å²) in [5, 5.41) is 54.4. The van der Waals surface area contributed by atoms with Crippen molar-refractivity contribution >= 4 is 93.8 Å². The number of amides is 10. The average Bonchev–Trinajstić information content (AvgIpc) is 2.41. The Balaban J connectivity index is 1.94. The number of fused-ring (bicyclic) bond motifs is 1. The monoisotopic (exact) mass is 1250 g/mol. The molecule has 0 saturated carbocycles. The van der Waals surface area contributed by atoms with Crippen molar-refractivity contribution in [3.05, 3.63) is 54.2 Å². The molecular formula is C56H85N17O16. The third kappa shape index (κ3) is 24.2. The van der Waals surface area contributed by atoms with Gasteiger partial charge in [-0.05, 0) is 48.1 Å². The lowest BCUT2D eigenvalue weighted by Crippen LogP contribution is -2.62. The smallest absolute Gasteiger partial charge is 0.326 e. The minimum atomic E-state index is -1.86. The number of hydrogen-bond acceptors (Lipinski definition) is 16. The van der Waals surface area contributed by atoms with Crippen molar-refractivity contribution < 1.29 is 77.6 Å². The molecule has 0 radical (unpaired) electrons. The van der Waals surface area contributed by atoms with E-state index in [1.54, 1.807) is 72.0 Å². The number of nitrogens with one attached hydrogen (secondary N) is 12. The van der Waals surface area contributed by atoms with Crippen molar-refractivity contribution in [3.63, 3.8) is 0 Å². The van der Waals surface area contributed by atoms with Gasteiger partial charge in [0.2, 0.25) is 59.1 Å². The Kier molecular flexibility index (Phi) is 29.6. The molecule has 0 bridgehead atoms. The van der Waals surface area contributed by atoms with E-state index in [4.69, 9.17) is 17.2 Å². The molecule has 10 amide bonds. The van der Waals surface area contributed by atoms with Crippen LogP contribution in [0.2, 0.25) is 0 Å². The van der Waals surface area contributed by atoms with Crippen molar-refractivity contribution in [3.8, 4) is 0 Å². The second kappa shape index (κ2) is 35.8. The maximum Gasteiger partial charge on any atom is 0.326 e. The summed E-state index contributed by atoms with van der Waals surface area (Å²) in [4.78, 5) is 188. The van der Waals surface area contributed by atoms with E-state index in [9.17, 15) is 77.6 Å². The predicted molar refractivity (Wildman–Crippen MR) is 320 cm³/mol. The van der Waals surface area contributed by atoms with Gasteiger partial charge in [-0.3, -0.25) is 62.5 Å². The molecule has 0 saturated heterocycles. The molecule has 89 heavy (non-hydrogen) atoms. The van der Waals surface area contributed by atoms with Crippen molar-refractivity contribution in [2.45, 2.75) is 155 Å². The van der Waals surface area contributed by atoms with E-state index in [2.05, 4.69) is 73.1 Å². The van der Waals surface area contributed by atoms with Gasteiger partial charge in [0, 0.05) is 48.4 Å². The average molecular weight is 1250 g/mol. The standard InChI is InChI=1S/C56H85N17O16/c1-9-29(8)46(73-51(84)38(20-42(78)79)69-53(86)43(26(2)3)71-48(81)34(65-39(74)21-57)15-12-16-61-56(58)59)54(87)68-36(18-31-23-60-25-64-31)50(83)72-44(27(4)5)52(85)67-35(17-30-22-62-33-14-11-10-13-32(30)33)49(82)66-37(19-41(76)77)47(80)63-24-40(75)70-45(28(6)7)55(88)89/h10-11,13-14,22-23,25-29,34-38,43-46,62H,9,12,15-21,24,57H2,1-8H3,(H,60,64)(H,63,80)(H,65,74)(H,66,82)(H,67,85)(H,68,87)(H,69,86)(H,70,75)(H,71,81)(H,72,83)(H,73,84)(H,76,77)(H,78,79)(H,88,89)(H4,58,59,61)/t29-,34-,35-,36-,37-,38-,43-,44-,45-,46+/m0/s1. The van der Waals surface area contributed by atoms with Crippen LogP contribution in [-0.2, 0) is 75.2 Å². The number of hydrogen-bond donors (Lipinski definition) is 18. The number of carbonyl (C=O) groups excluding carboxylic acids is 10. The van der Waals surface area contributed by atoms with Gasteiger partial charge in [-0.1, -0.05) is 80.0 Å². The van der Waals surface area contributed by atoms with Crippen LogP contribution in [0.1, 0.15) is 98.8 Å². The lowest BCUT2D eigenvalue weighted by Gasteiger charge is -2.30. The number of aliphatic carboxylic acids is 3. The van der Waals surface area contributed by atoms with Crippen LogP contribution in [0.15, 0.2) is 48.0 Å². The number of benzene rings is 1. The molecule has 33 nitrogen and oxygen atoms in total. The van der Waals surface area contributed by atoms with Gasteiger partial charge in [0.15, 0.2) is 5.96 Å². The molecular weight excluding hydrogens is 1170 g/mol. The Morgan fingerprint density at radius 3 is 1.57 bits per heavy atom. The summed E-state index contributed by atoms with van der Waals surface area (Å²) < 4.78 is 0.